The smallest absolute Gasteiger partial charge is 0.222 e. The van der Waals surface area contributed by atoms with Crippen molar-refractivity contribution in [1.82, 2.24) is 20.3 Å². The maximum Gasteiger partial charge on any atom is 0.222 e. The van der Waals surface area contributed by atoms with Gasteiger partial charge in [0, 0.05) is 41.4 Å². The highest BCUT2D eigenvalue weighted by atomic mass is 127. The van der Waals surface area contributed by atoms with Gasteiger partial charge in [0.05, 0.1) is 0 Å². The number of anilines is 1. The summed E-state index contributed by atoms with van der Waals surface area (Å²) in [6.45, 7) is 2.67. The summed E-state index contributed by atoms with van der Waals surface area (Å²) in [7, 11) is 0. The maximum absolute atomic E-state index is 4.19. The Hall–Kier alpha value is -1.28. The summed E-state index contributed by atoms with van der Waals surface area (Å²) >= 11 is 2.19. The second-order valence-corrected chi connectivity index (χ2v) is 5.29. The molecule has 5 nitrogen and oxygen atoms in total. The average molecular weight is 369 g/mol. The minimum Gasteiger partial charge on any atom is -0.354 e. The highest BCUT2D eigenvalue weighted by Gasteiger charge is 1.95. The van der Waals surface area contributed by atoms with Gasteiger partial charge in [-0.05, 0) is 47.2 Å². The number of rotatable bonds is 7. The second kappa shape index (κ2) is 8.00. The number of aromatic nitrogens is 3. The van der Waals surface area contributed by atoms with Crippen molar-refractivity contribution in [1.29, 1.82) is 0 Å². The molecule has 0 atom stereocenters. The summed E-state index contributed by atoms with van der Waals surface area (Å²) in [5.74, 6) is 0.688. The van der Waals surface area contributed by atoms with Gasteiger partial charge in [0.25, 0.3) is 0 Å². The van der Waals surface area contributed by atoms with Crippen LogP contribution in [0.4, 0.5) is 5.95 Å². The highest BCUT2D eigenvalue weighted by molar-refractivity contribution is 14.1. The number of hydrogen-bond acceptors (Lipinski definition) is 5. The van der Waals surface area contributed by atoms with Crippen molar-refractivity contribution in [2.75, 3.05) is 18.4 Å². The first kappa shape index (κ1) is 14.1. The molecule has 0 bridgehead atoms. The lowest BCUT2D eigenvalue weighted by molar-refractivity contribution is 0.661. The molecule has 0 saturated heterocycles. The first-order valence-corrected chi connectivity index (χ1v) is 7.23. The molecule has 2 rings (SSSR count). The monoisotopic (exact) mass is 369 g/mol. The molecule has 0 unspecified atom stereocenters. The first-order valence-electron chi connectivity index (χ1n) is 6.15. The Bertz CT molecular complexity index is 474. The molecule has 0 amide bonds. The summed E-state index contributed by atoms with van der Waals surface area (Å²) in [6, 6.07) is 4.02. The number of hydrogen-bond donors (Lipinski definition) is 2. The highest BCUT2D eigenvalue weighted by Crippen LogP contribution is 2.02. The van der Waals surface area contributed by atoms with E-state index >= 15 is 0 Å². The predicted octanol–water partition coefficient (Wildman–Crippen LogP) is 2.07. The van der Waals surface area contributed by atoms with Gasteiger partial charge in [-0.2, -0.15) is 0 Å². The van der Waals surface area contributed by atoms with E-state index in [1.807, 2.05) is 12.3 Å². The lowest BCUT2D eigenvalue weighted by atomic mass is 10.3. The molecule has 2 aromatic heterocycles. The van der Waals surface area contributed by atoms with Crippen LogP contribution < -0.4 is 10.6 Å². The van der Waals surface area contributed by atoms with Gasteiger partial charge in [-0.15, -0.1) is 0 Å². The van der Waals surface area contributed by atoms with E-state index in [0.717, 1.165) is 29.6 Å². The predicted molar refractivity (Wildman–Crippen MR) is 83.8 cm³/mol. The third-order valence-electron chi connectivity index (χ3n) is 2.49. The third kappa shape index (κ3) is 5.48. The molecule has 0 aromatic carbocycles. The Morgan fingerprint density at radius 3 is 2.68 bits per heavy atom. The molecule has 0 aliphatic heterocycles. The molecule has 0 radical (unpaired) electrons. The van der Waals surface area contributed by atoms with E-state index in [4.69, 9.17) is 0 Å². The summed E-state index contributed by atoms with van der Waals surface area (Å²) in [5.41, 5.74) is 1.21. The van der Waals surface area contributed by atoms with E-state index in [-0.39, 0.29) is 0 Å². The molecular weight excluding hydrogens is 353 g/mol. The van der Waals surface area contributed by atoms with E-state index in [1.54, 1.807) is 18.6 Å². The van der Waals surface area contributed by atoms with Crippen molar-refractivity contribution < 1.29 is 0 Å². The molecular formula is C13H16IN5. The zero-order valence-corrected chi connectivity index (χ0v) is 12.7. The average Bonchev–Trinajstić information content (AvgIpc) is 2.46. The van der Waals surface area contributed by atoms with Crippen molar-refractivity contribution in [3.05, 3.63) is 46.1 Å². The molecule has 2 heterocycles. The zero-order chi connectivity index (χ0) is 13.3. The van der Waals surface area contributed by atoms with Crippen molar-refractivity contribution >= 4 is 28.5 Å². The lowest BCUT2D eigenvalue weighted by Crippen LogP contribution is -2.18. The maximum atomic E-state index is 4.19. The summed E-state index contributed by atoms with van der Waals surface area (Å²) in [6.07, 6.45) is 8.29. The molecule has 0 aliphatic carbocycles. The van der Waals surface area contributed by atoms with Gasteiger partial charge in [0.2, 0.25) is 5.95 Å². The minimum atomic E-state index is 0.688. The van der Waals surface area contributed by atoms with Gasteiger partial charge < -0.3 is 10.6 Å². The van der Waals surface area contributed by atoms with Gasteiger partial charge >= 0.3 is 0 Å². The van der Waals surface area contributed by atoms with Crippen molar-refractivity contribution in [2.45, 2.75) is 13.0 Å². The molecule has 0 spiro atoms. The number of pyridine rings is 1. The lowest BCUT2D eigenvalue weighted by Gasteiger charge is -2.06. The van der Waals surface area contributed by atoms with Gasteiger partial charge in [-0.1, -0.05) is 6.07 Å². The van der Waals surface area contributed by atoms with E-state index in [0.29, 0.717) is 5.95 Å². The Labute approximate surface area is 126 Å². The quantitative estimate of drug-likeness (QED) is 0.578. The van der Waals surface area contributed by atoms with E-state index in [2.05, 4.69) is 54.2 Å². The van der Waals surface area contributed by atoms with Crippen LogP contribution in [0.3, 0.4) is 0 Å². The molecule has 2 aromatic rings. The first-order chi connectivity index (χ1) is 9.34. The fraction of sp³-hybridized carbons (Fsp3) is 0.308. The number of nitrogens with one attached hydrogen (secondary N) is 2. The molecule has 0 fully saturated rings. The Balaban J connectivity index is 1.56. The molecule has 6 heteroatoms. The van der Waals surface area contributed by atoms with Crippen molar-refractivity contribution in [3.8, 4) is 0 Å². The van der Waals surface area contributed by atoms with Gasteiger partial charge in [-0.3, -0.25) is 4.98 Å². The number of nitrogens with zero attached hydrogens (tertiary/aromatic N) is 3. The Morgan fingerprint density at radius 1 is 1.11 bits per heavy atom. The van der Waals surface area contributed by atoms with Crippen molar-refractivity contribution in [2.24, 2.45) is 0 Å². The summed E-state index contributed by atoms with van der Waals surface area (Å²) in [4.78, 5) is 12.4. The Morgan fingerprint density at radius 2 is 1.95 bits per heavy atom. The minimum absolute atomic E-state index is 0.688. The van der Waals surface area contributed by atoms with Crippen molar-refractivity contribution in [3.63, 3.8) is 0 Å². The van der Waals surface area contributed by atoms with Crippen LogP contribution in [0.2, 0.25) is 0 Å². The van der Waals surface area contributed by atoms with E-state index < -0.39 is 0 Å². The summed E-state index contributed by atoms with van der Waals surface area (Å²) in [5, 5.41) is 6.57. The number of halogens is 1. The second-order valence-electron chi connectivity index (χ2n) is 4.04. The Kier molecular flexibility index (Phi) is 5.96. The SMILES string of the molecule is Ic1cnc(NCCCNCc2cccnc2)nc1. The molecule has 0 aliphatic rings. The fourth-order valence-electron chi connectivity index (χ4n) is 1.55. The zero-order valence-electron chi connectivity index (χ0n) is 10.5. The van der Waals surface area contributed by atoms with Crippen LogP contribution in [0, 0.1) is 3.57 Å². The van der Waals surface area contributed by atoms with Crippen LogP contribution in [-0.4, -0.2) is 28.0 Å². The summed E-state index contributed by atoms with van der Waals surface area (Å²) < 4.78 is 1.04. The normalized spacial score (nSPS) is 10.4. The van der Waals surface area contributed by atoms with Crippen LogP contribution in [-0.2, 0) is 6.54 Å². The molecule has 19 heavy (non-hydrogen) atoms. The van der Waals surface area contributed by atoms with Crippen LogP contribution in [0.5, 0.6) is 0 Å². The van der Waals surface area contributed by atoms with Crippen LogP contribution >= 0.6 is 22.6 Å². The topological polar surface area (TPSA) is 62.7 Å². The standard InChI is InChI=1S/C13H16IN5/c14-12-9-18-13(19-10-12)17-6-2-5-16-8-11-3-1-4-15-7-11/h1,3-4,7,9-10,16H,2,5-6,8H2,(H,17,18,19). The fourth-order valence-corrected chi connectivity index (χ4v) is 1.83. The van der Waals surface area contributed by atoms with Crippen LogP contribution in [0.25, 0.3) is 0 Å². The van der Waals surface area contributed by atoms with E-state index in [9.17, 15) is 0 Å². The molecule has 0 saturated carbocycles. The molecule has 100 valence electrons. The molecule has 2 N–H and O–H groups in total. The third-order valence-corrected chi connectivity index (χ3v) is 3.04. The van der Waals surface area contributed by atoms with Gasteiger partial charge in [-0.25, -0.2) is 9.97 Å². The van der Waals surface area contributed by atoms with E-state index in [1.165, 1.54) is 5.56 Å². The van der Waals surface area contributed by atoms with Gasteiger partial charge in [0.15, 0.2) is 0 Å². The van der Waals surface area contributed by atoms with Crippen LogP contribution in [0.1, 0.15) is 12.0 Å². The van der Waals surface area contributed by atoms with Crippen LogP contribution in [0.15, 0.2) is 36.9 Å². The largest absolute Gasteiger partial charge is 0.354 e. The van der Waals surface area contributed by atoms with Gasteiger partial charge in [0.1, 0.15) is 0 Å².